The lowest BCUT2D eigenvalue weighted by Crippen LogP contribution is -2.48. The molecule has 0 saturated heterocycles. The number of alkyl halides is 1. The minimum Gasteiger partial charge on any atom is -0.482 e. The molecule has 3 aromatic rings. The Kier molecular flexibility index (Phi) is 6.55. The lowest BCUT2D eigenvalue weighted by molar-refractivity contribution is -0.133. The Balaban J connectivity index is 1.37. The van der Waals surface area contributed by atoms with E-state index in [9.17, 15) is 9.59 Å². The van der Waals surface area contributed by atoms with Crippen molar-refractivity contribution in [3.63, 3.8) is 0 Å². The fourth-order valence-corrected chi connectivity index (χ4v) is 3.34. The first-order chi connectivity index (χ1) is 15.5. The van der Waals surface area contributed by atoms with Crippen LogP contribution in [0.4, 0.5) is 0 Å². The van der Waals surface area contributed by atoms with Crippen molar-refractivity contribution in [3.8, 4) is 17.2 Å². The van der Waals surface area contributed by atoms with Gasteiger partial charge in [-0.15, -0.1) is 16.7 Å². The van der Waals surface area contributed by atoms with Gasteiger partial charge < -0.3 is 20.1 Å². The summed E-state index contributed by atoms with van der Waals surface area (Å²) in [5, 5.41) is 13.7. The van der Waals surface area contributed by atoms with Crippen molar-refractivity contribution in [3.05, 3.63) is 66.0 Å². The van der Waals surface area contributed by atoms with Crippen LogP contribution < -0.4 is 20.1 Å². The Bertz CT molecular complexity index is 1120. The molecule has 2 aromatic carbocycles. The molecule has 2 amide bonds. The zero-order chi connectivity index (χ0) is 22.5. The highest BCUT2D eigenvalue weighted by Gasteiger charge is 2.33. The van der Waals surface area contributed by atoms with Crippen molar-refractivity contribution in [1.29, 1.82) is 0 Å². The van der Waals surface area contributed by atoms with Crippen LogP contribution in [0.3, 0.4) is 0 Å². The number of amides is 2. The number of rotatable bonds is 7. The highest BCUT2D eigenvalue weighted by atomic mass is 35.5. The van der Waals surface area contributed by atoms with E-state index < -0.39 is 12.2 Å². The largest absolute Gasteiger partial charge is 0.482 e. The number of hydrogen-bond donors (Lipinski definition) is 2. The number of carbonyl (C=O) groups excluding carboxylic acids is 2. The average Bonchev–Trinajstić information content (AvgIpc) is 3.30. The van der Waals surface area contributed by atoms with Crippen molar-refractivity contribution >= 4 is 23.4 Å². The second-order valence-corrected chi connectivity index (χ2v) is 7.53. The SMILES string of the molecule is CC1Oc2ccccc2OC1C(=O)NCc1cccc(-n2cc(CNC(=O)CCl)nn2)c1. The van der Waals surface area contributed by atoms with E-state index in [1.165, 1.54) is 0 Å². The molecule has 166 valence electrons. The van der Waals surface area contributed by atoms with E-state index in [0.29, 0.717) is 23.7 Å². The van der Waals surface area contributed by atoms with Crippen molar-refractivity contribution < 1.29 is 19.1 Å². The number of nitrogens with zero attached hydrogens (tertiary/aromatic N) is 3. The third-order valence-corrected chi connectivity index (χ3v) is 5.11. The molecule has 1 aromatic heterocycles. The summed E-state index contributed by atoms with van der Waals surface area (Å²) >= 11 is 5.47. The monoisotopic (exact) mass is 455 g/mol. The van der Waals surface area contributed by atoms with E-state index in [1.54, 1.807) is 23.9 Å². The van der Waals surface area contributed by atoms with Gasteiger partial charge in [0.1, 0.15) is 17.7 Å². The molecule has 2 heterocycles. The number of hydrogen-bond acceptors (Lipinski definition) is 6. The van der Waals surface area contributed by atoms with Crippen molar-refractivity contribution in [2.75, 3.05) is 5.88 Å². The van der Waals surface area contributed by atoms with Crippen LogP contribution in [0.2, 0.25) is 0 Å². The number of benzene rings is 2. The first kappa shape index (κ1) is 21.6. The smallest absolute Gasteiger partial charge is 0.265 e. The molecular formula is C22H22ClN5O4. The molecule has 10 heteroatoms. The Morgan fingerprint density at radius 3 is 2.62 bits per heavy atom. The topological polar surface area (TPSA) is 107 Å². The average molecular weight is 456 g/mol. The van der Waals surface area contributed by atoms with E-state index in [2.05, 4.69) is 20.9 Å². The lowest BCUT2D eigenvalue weighted by Gasteiger charge is -2.31. The molecule has 2 unspecified atom stereocenters. The highest BCUT2D eigenvalue weighted by molar-refractivity contribution is 6.27. The van der Waals surface area contributed by atoms with E-state index in [-0.39, 0.29) is 24.2 Å². The van der Waals surface area contributed by atoms with Crippen LogP contribution in [-0.2, 0) is 22.7 Å². The zero-order valence-electron chi connectivity index (χ0n) is 17.3. The maximum atomic E-state index is 12.7. The van der Waals surface area contributed by atoms with E-state index in [0.717, 1.165) is 11.3 Å². The zero-order valence-corrected chi connectivity index (χ0v) is 18.1. The van der Waals surface area contributed by atoms with Gasteiger partial charge in [-0.25, -0.2) is 4.68 Å². The van der Waals surface area contributed by atoms with Crippen LogP contribution in [-0.4, -0.2) is 44.9 Å². The first-order valence-electron chi connectivity index (χ1n) is 10.1. The Morgan fingerprint density at radius 2 is 1.84 bits per heavy atom. The van der Waals surface area contributed by atoms with E-state index >= 15 is 0 Å². The molecule has 2 N–H and O–H groups in total. The van der Waals surface area contributed by atoms with Gasteiger partial charge in [0.2, 0.25) is 12.0 Å². The van der Waals surface area contributed by atoms with Crippen molar-refractivity contribution in [2.24, 2.45) is 0 Å². The number of nitrogens with one attached hydrogen (secondary N) is 2. The van der Waals surface area contributed by atoms with Gasteiger partial charge in [0.05, 0.1) is 18.4 Å². The summed E-state index contributed by atoms with van der Waals surface area (Å²) < 4.78 is 13.2. The Morgan fingerprint density at radius 1 is 1.06 bits per heavy atom. The van der Waals surface area contributed by atoms with Gasteiger partial charge in [-0.2, -0.15) is 0 Å². The van der Waals surface area contributed by atoms with Gasteiger partial charge in [-0.1, -0.05) is 29.5 Å². The highest BCUT2D eigenvalue weighted by Crippen LogP contribution is 2.33. The summed E-state index contributed by atoms with van der Waals surface area (Å²) in [6, 6.07) is 14.8. The van der Waals surface area contributed by atoms with Gasteiger partial charge in [-0.3, -0.25) is 9.59 Å². The van der Waals surface area contributed by atoms with Gasteiger partial charge in [0, 0.05) is 6.54 Å². The fraction of sp³-hybridized carbons (Fsp3) is 0.273. The predicted molar refractivity (Wildman–Crippen MR) is 117 cm³/mol. The van der Waals surface area contributed by atoms with Gasteiger partial charge in [0.15, 0.2) is 11.5 Å². The van der Waals surface area contributed by atoms with Crippen LogP contribution in [0.1, 0.15) is 18.2 Å². The standard InChI is InChI=1S/C22H22ClN5O4/c1-14-21(32-19-8-3-2-7-18(19)31-14)22(30)25-11-15-5-4-6-17(9-15)28-13-16(26-27-28)12-24-20(29)10-23/h2-9,13-14,21H,10-12H2,1H3,(H,24,29)(H,25,30). The quantitative estimate of drug-likeness (QED) is 0.527. The maximum Gasteiger partial charge on any atom is 0.265 e. The van der Waals surface area contributed by atoms with E-state index in [1.807, 2.05) is 42.5 Å². The molecule has 0 bridgehead atoms. The third-order valence-electron chi connectivity index (χ3n) is 4.87. The van der Waals surface area contributed by atoms with Gasteiger partial charge in [0.25, 0.3) is 5.91 Å². The summed E-state index contributed by atoms with van der Waals surface area (Å²) in [4.78, 5) is 24.0. The molecule has 32 heavy (non-hydrogen) atoms. The van der Waals surface area contributed by atoms with Crippen molar-refractivity contribution in [2.45, 2.75) is 32.2 Å². The number of carbonyl (C=O) groups is 2. The molecule has 0 radical (unpaired) electrons. The Labute approximate surface area is 189 Å². The molecule has 1 aliphatic rings. The second-order valence-electron chi connectivity index (χ2n) is 7.26. The predicted octanol–water partition coefficient (Wildman–Crippen LogP) is 1.97. The van der Waals surface area contributed by atoms with Crippen LogP contribution in [0, 0.1) is 0 Å². The number of halogens is 1. The molecular weight excluding hydrogens is 434 g/mol. The molecule has 4 rings (SSSR count). The maximum absolute atomic E-state index is 12.7. The van der Waals surface area contributed by atoms with Crippen LogP contribution in [0.15, 0.2) is 54.7 Å². The fourth-order valence-electron chi connectivity index (χ4n) is 3.25. The van der Waals surface area contributed by atoms with Crippen LogP contribution in [0.25, 0.3) is 5.69 Å². The van der Waals surface area contributed by atoms with Gasteiger partial charge in [-0.05, 0) is 36.8 Å². The third kappa shape index (κ3) is 5.00. The first-order valence-corrected chi connectivity index (χ1v) is 10.6. The molecule has 0 aliphatic carbocycles. The summed E-state index contributed by atoms with van der Waals surface area (Å²) in [7, 11) is 0. The summed E-state index contributed by atoms with van der Waals surface area (Å²) in [6.45, 7) is 2.36. The molecule has 0 spiro atoms. The minimum absolute atomic E-state index is 0.106. The van der Waals surface area contributed by atoms with Crippen LogP contribution >= 0.6 is 11.6 Å². The second kappa shape index (κ2) is 9.69. The molecule has 0 saturated carbocycles. The Hall–Kier alpha value is -3.59. The molecule has 0 fully saturated rings. The number of aromatic nitrogens is 3. The summed E-state index contributed by atoms with van der Waals surface area (Å²) in [5.74, 6) is 0.549. The van der Waals surface area contributed by atoms with Gasteiger partial charge >= 0.3 is 0 Å². The number of ether oxygens (including phenoxy) is 2. The number of para-hydroxylation sites is 2. The normalized spacial score (nSPS) is 16.9. The molecule has 2 atom stereocenters. The summed E-state index contributed by atoms with van der Waals surface area (Å²) in [5.41, 5.74) is 2.26. The van der Waals surface area contributed by atoms with Crippen molar-refractivity contribution in [1.82, 2.24) is 25.6 Å². The summed E-state index contributed by atoms with van der Waals surface area (Å²) in [6.07, 6.45) is 0.566. The number of fused-ring (bicyclic) bond motifs is 1. The molecule has 1 aliphatic heterocycles. The van der Waals surface area contributed by atoms with E-state index in [4.69, 9.17) is 21.1 Å². The van der Waals surface area contributed by atoms with Crippen LogP contribution in [0.5, 0.6) is 11.5 Å². The lowest BCUT2D eigenvalue weighted by atomic mass is 10.1. The minimum atomic E-state index is -0.742. The molecule has 9 nitrogen and oxygen atoms in total.